The van der Waals surface area contributed by atoms with Crippen molar-refractivity contribution in [3.05, 3.63) is 40.2 Å². The molecule has 2 aromatic rings. The van der Waals surface area contributed by atoms with Crippen LogP contribution >= 0.6 is 11.3 Å². The summed E-state index contributed by atoms with van der Waals surface area (Å²) in [6, 6.07) is 4.14. The summed E-state index contributed by atoms with van der Waals surface area (Å²) >= 11 is 0.937. The number of nitrogens with zero attached hydrogens (tertiary/aromatic N) is 1. The van der Waals surface area contributed by atoms with Crippen molar-refractivity contribution in [1.82, 2.24) is 10.3 Å². The molecule has 0 saturated carbocycles. The van der Waals surface area contributed by atoms with E-state index in [0.29, 0.717) is 17.7 Å². The number of thiazole rings is 1. The minimum Gasteiger partial charge on any atom is -0.312 e. The fourth-order valence-corrected chi connectivity index (χ4v) is 2.95. The third-order valence-corrected chi connectivity index (χ3v) is 3.89. The van der Waals surface area contributed by atoms with Crippen molar-refractivity contribution in [2.24, 2.45) is 0 Å². The van der Waals surface area contributed by atoms with E-state index in [4.69, 9.17) is 0 Å². The van der Waals surface area contributed by atoms with Crippen LogP contribution in [0.15, 0.2) is 18.2 Å². The molecule has 1 heterocycles. The summed E-state index contributed by atoms with van der Waals surface area (Å²) in [7, 11) is 0. The number of hydrogen-bond donors (Lipinski definition) is 1. The highest BCUT2D eigenvalue weighted by molar-refractivity contribution is 7.15. The van der Waals surface area contributed by atoms with Crippen LogP contribution in [0.2, 0.25) is 0 Å². The molecule has 21 heavy (non-hydrogen) atoms. The van der Waals surface area contributed by atoms with Gasteiger partial charge in [-0.25, -0.2) is 9.37 Å². The van der Waals surface area contributed by atoms with Crippen LogP contribution in [0.5, 0.6) is 0 Å². The van der Waals surface area contributed by atoms with Crippen LogP contribution in [-0.4, -0.2) is 11.5 Å². The molecule has 114 valence electrons. The molecule has 1 N–H and O–H groups in total. The lowest BCUT2D eigenvalue weighted by molar-refractivity contribution is -0.141. The molecule has 0 saturated heterocycles. The second-order valence-electron chi connectivity index (χ2n) is 4.59. The summed E-state index contributed by atoms with van der Waals surface area (Å²) in [4.78, 5) is 3.79. The molecule has 0 unspecified atom stereocenters. The van der Waals surface area contributed by atoms with Crippen LogP contribution in [0.25, 0.3) is 10.6 Å². The molecule has 0 aliphatic heterocycles. The predicted molar refractivity (Wildman–Crippen MR) is 74.6 cm³/mol. The fourth-order valence-electron chi connectivity index (χ4n) is 1.91. The topological polar surface area (TPSA) is 24.9 Å². The zero-order chi connectivity index (χ0) is 15.6. The van der Waals surface area contributed by atoms with E-state index in [1.54, 1.807) is 13.0 Å². The number of hydrogen-bond acceptors (Lipinski definition) is 3. The summed E-state index contributed by atoms with van der Waals surface area (Å²) in [5.74, 6) is -0.484. The second-order valence-corrected chi connectivity index (χ2v) is 5.67. The number of nitrogens with one attached hydrogen (secondary N) is 1. The molecule has 0 fully saturated rings. The highest BCUT2D eigenvalue weighted by Crippen LogP contribution is 2.38. The minimum atomic E-state index is -4.51. The molecule has 0 bridgehead atoms. The van der Waals surface area contributed by atoms with Crippen LogP contribution < -0.4 is 5.32 Å². The lowest BCUT2D eigenvalue weighted by Gasteiger charge is -2.05. The number of rotatable bonds is 4. The van der Waals surface area contributed by atoms with Crippen molar-refractivity contribution in [3.8, 4) is 10.6 Å². The summed E-state index contributed by atoms with van der Waals surface area (Å²) < 4.78 is 52.4. The Morgan fingerprint density at radius 1 is 1.24 bits per heavy atom. The largest absolute Gasteiger partial charge is 0.434 e. The van der Waals surface area contributed by atoms with Crippen LogP contribution in [0.1, 0.15) is 23.1 Å². The number of aromatic nitrogens is 1. The summed E-state index contributed by atoms with van der Waals surface area (Å²) in [5, 5.41) is 3.04. The zero-order valence-corrected chi connectivity index (χ0v) is 12.3. The van der Waals surface area contributed by atoms with Gasteiger partial charge in [0.05, 0.1) is 4.88 Å². The smallest absolute Gasteiger partial charge is 0.312 e. The van der Waals surface area contributed by atoms with E-state index >= 15 is 0 Å². The van der Waals surface area contributed by atoms with Crippen molar-refractivity contribution in [1.29, 1.82) is 0 Å². The Balaban J connectivity index is 2.47. The van der Waals surface area contributed by atoms with E-state index < -0.39 is 17.7 Å². The normalized spacial score (nSPS) is 11.9. The number of benzene rings is 1. The van der Waals surface area contributed by atoms with Crippen LogP contribution in [0, 0.1) is 12.7 Å². The zero-order valence-electron chi connectivity index (χ0n) is 11.5. The van der Waals surface area contributed by atoms with Crippen molar-refractivity contribution < 1.29 is 17.6 Å². The van der Waals surface area contributed by atoms with Gasteiger partial charge in [-0.3, -0.25) is 0 Å². The second kappa shape index (κ2) is 6.11. The van der Waals surface area contributed by atoms with Gasteiger partial charge in [-0.15, -0.1) is 11.3 Å². The maximum Gasteiger partial charge on any atom is 0.434 e. The number of aryl methyl sites for hydroxylation is 1. The summed E-state index contributed by atoms with van der Waals surface area (Å²) in [5.41, 5.74) is 0.109. The lowest BCUT2D eigenvalue weighted by atomic mass is 10.1. The molecule has 2 rings (SSSR count). The Hall–Kier alpha value is -1.47. The molecule has 0 aliphatic rings. The predicted octanol–water partition coefficient (Wildman–Crippen LogP) is 4.39. The van der Waals surface area contributed by atoms with Gasteiger partial charge in [-0.05, 0) is 37.2 Å². The molecular formula is C14H14F4N2S. The number of halogens is 4. The standard InChI is InChI=1S/C14H14F4N2S/c1-3-19-7-11-12(14(16,17)18)20-13(21-11)9-4-8(2)5-10(15)6-9/h4-6,19H,3,7H2,1-2H3. The quantitative estimate of drug-likeness (QED) is 0.846. The lowest BCUT2D eigenvalue weighted by Crippen LogP contribution is -2.15. The maximum atomic E-state index is 13.4. The van der Waals surface area contributed by atoms with Gasteiger partial charge in [0.15, 0.2) is 5.69 Å². The highest BCUT2D eigenvalue weighted by atomic mass is 32.1. The Labute approximate surface area is 123 Å². The molecule has 1 aromatic carbocycles. The molecule has 0 atom stereocenters. The third kappa shape index (κ3) is 3.79. The van der Waals surface area contributed by atoms with E-state index in [-0.39, 0.29) is 16.4 Å². The van der Waals surface area contributed by atoms with Gasteiger partial charge < -0.3 is 5.32 Å². The molecule has 7 heteroatoms. The van der Waals surface area contributed by atoms with E-state index in [9.17, 15) is 17.6 Å². The van der Waals surface area contributed by atoms with E-state index in [1.807, 2.05) is 6.92 Å². The van der Waals surface area contributed by atoms with Gasteiger partial charge in [-0.2, -0.15) is 13.2 Å². The van der Waals surface area contributed by atoms with Crippen molar-refractivity contribution >= 4 is 11.3 Å². The minimum absolute atomic E-state index is 0.0946. The Morgan fingerprint density at radius 2 is 1.95 bits per heavy atom. The van der Waals surface area contributed by atoms with Gasteiger partial charge >= 0.3 is 6.18 Å². The SMILES string of the molecule is CCNCc1sc(-c2cc(C)cc(F)c2)nc1C(F)(F)F. The van der Waals surface area contributed by atoms with E-state index in [1.165, 1.54) is 12.1 Å². The summed E-state index contributed by atoms with van der Waals surface area (Å²) in [6.45, 7) is 4.15. The summed E-state index contributed by atoms with van der Waals surface area (Å²) in [6.07, 6.45) is -4.51. The Kier molecular flexibility index (Phi) is 4.63. The molecule has 2 nitrogen and oxygen atoms in total. The van der Waals surface area contributed by atoms with Gasteiger partial charge in [0.25, 0.3) is 0 Å². The van der Waals surface area contributed by atoms with Crippen molar-refractivity contribution in [2.45, 2.75) is 26.6 Å². The first-order valence-electron chi connectivity index (χ1n) is 6.36. The molecule has 0 radical (unpaired) electrons. The van der Waals surface area contributed by atoms with Gasteiger partial charge in [-0.1, -0.05) is 6.92 Å². The molecular weight excluding hydrogens is 304 g/mol. The van der Waals surface area contributed by atoms with Crippen LogP contribution in [0.3, 0.4) is 0 Å². The first-order chi connectivity index (χ1) is 9.81. The van der Waals surface area contributed by atoms with Crippen molar-refractivity contribution in [2.75, 3.05) is 6.54 Å². The first kappa shape index (κ1) is 15.9. The average molecular weight is 318 g/mol. The molecule has 0 amide bonds. The Bertz CT molecular complexity index is 614. The Morgan fingerprint density at radius 3 is 2.52 bits per heavy atom. The van der Waals surface area contributed by atoms with E-state index in [0.717, 1.165) is 11.3 Å². The molecule has 0 spiro atoms. The number of alkyl halides is 3. The van der Waals surface area contributed by atoms with Gasteiger partial charge in [0.2, 0.25) is 0 Å². The molecule has 0 aliphatic carbocycles. The highest BCUT2D eigenvalue weighted by Gasteiger charge is 2.37. The third-order valence-electron chi connectivity index (χ3n) is 2.79. The van der Waals surface area contributed by atoms with Gasteiger partial charge in [0.1, 0.15) is 10.8 Å². The van der Waals surface area contributed by atoms with Gasteiger partial charge in [0, 0.05) is 12.1 Å². The first-order valence-corrected chi connectivity index (χ1v) is 7.18. The molecule has 1 aromatic heterocycles. The van der Waals surface area contributed by atoms with Crippen molar-refractivity contribution in [3.63, 3.8) is 0 Å². The van der Waals surface area contributed by atoms with E-state index in [2.05, 4.69) is 10.3 Å². The maximum absolute atomic E-state index is 13.4. The average Bonchev–Trinajstić information content (AvgIpc) is 2.79. The van der Waals surface area contributed by atoms with Crippen LogP contribution in [-0.2, 0) is 12.7 Å². The van der Waals surface area contributed by atoms with Crippen LogP contribution in [0.4, 0.5) is 17.6 Å². The monoisotopic (exact) mass is 318 g/mol. The fraction of sp³-hybridized carbons (Fsp3) is 0.357.